The average Bonchev–Trinajstić information content (AvgIpc) is 4.22. The predicted molar refractivity (Wildman–Crippen MR) is 276 cm³/mol. The van der Waals surface area contributed by atoms with E-state index in [0.717, 1.165) is 49.9 Å². The molecule has 4 aliphatic rings. The molecule has 2 saturated heterocycles. The van der Waals surface area contributed by atoms with Crippen LogP contribution in [0.3, 0.4) is 0 Å². The van der Waals surface area contributed by atoms with Gasteiger partial charge in [-0.3, -0.25) is 28.2 Å². The topological polar surface area (TPSA) is 448 Å². The molecular formula is C49H72N8O23S2. The first kappa shape index (κ1) is 64.5. The number of aliphatic hydroxyl groups is 5. The minimum atomic E-state index is -5.01. The Labute approximate surface area is 471 Å². The number of carboxylic acids is 1. The van der Waals surface area contributed by atoms with Crippen molar-refractivity contribution in [2.75, 3.05) is 26.4 Å². The van der Waals surface area contributed by atoms with Crippen LogP contribution in [0.15, 0.2) is 42.7 Å². The number of nitrogens with one attached hydrogen (secondary N) is 2. The zero-order valence-corrected chi connectivity index (χ0v) is 46.7. The summed E-state index contributed by atoms with van der Waals surface area (Å²) in [5.41, 5.74) is -0.807. The second-order valence-electron chi connectivity index (χ2n) is 21.6. The Bertz CT molecular complexity index is 2810. The van der Waals surface area contributed by atoms with Crippen molar-refractivity contribution in [1.82, 2.24) is 40.6 Å². The number of nitrogens with zero attached hydrogens (tertiary/aromatic N) is 6. The largest absolute Gasteiger partial charge is 0.479 e. The van der Waals surface area contributed by atoms with Gasteiger partial charge in [-0.1, -0.05) is 79.8 Å². The number of carboxylic acid groups (broad SMARTS) is 1. The van der Waals surface area contributed by atoms with Gasteiger partial charge in [0.15, 0.2) is 24.4 Å². The summed E-state index contributed by atoms with van der Waals surface area (Å²) < 4.78 is 106. The van der Waals surface area contributed by atoms with Crippen molar-refractivity contribution in [3.63, 3.8) is 0 Å². The van der Waals surface area contributed by atoms with Gasteiger partial charge >= 0.3 is 26.8 Å². The van der Waals surface area contributed by atoms with E-state index in [-0.39, 0.29) is 56.0 Å². The van der Waals surface area contributed by atoms with Crippen LogP contribution in [0.2, 0.25) is 0 Å². The van der Waals surface area contributed by atoms with E-state index in [2.05, 4.69) is 39.6 Å². The molecule has 2 amide bonds. The van der Waals surface area contributed by atoms with Crippen LogP contribution in [0.25, 0.3) is 11.3 Å². The highest BCUT2D eigenvalue weighted by Gasteiger charge is 2.54. The number of ketones is 1. The van der Waals surface area contributed by atoms with Crippen LogP contribution in [0.1, 0.15) is 102 Å². The van der Waals surface area contributed by atoms with Gasteiger partial charge in [-0.15, -0.1) is 10.2 Å². The van der Waals surface area contributed by atoms with Crippen molar-refractivity contribution in [3.05, 3.63) is 48.4 Å². The van der Waals surface area contributed by atoms with Gasteiger partial charge in [-0.2, -0.15) is 16.8 Å². The van der Waals surface area contributed by atoms with Gasteiger partial charge < -0.3 is 65.0 Å². The number of benzene rings is 1. The Kier molecular flexibility index (Phi) is 22.2. The van der Waals surface area contributed by atoms with E-state index in [0.29, 0.717) is 11.3 Å². The van der Waals surface area contributed by atoms with Crippen molar-refractivity contribution < 1.29 is 108 Å². The molecule has 4 fully saturated rings. The standard InChI is InChI=1S/C49H72N8O23S2/c1-26-39(61)41(63)42(64)48(76-26)80-43-33(57-21-31(52-55-57)29-13-8-5-9-14-29)18-30(34(60)15-10-16-50-45(65)32-20-56(54-53-32)23-49(3,24-74-81(68,69)70)25-75-82(71,72)73)19-35(43)78-47-38(51-27(2)59)44(40(62)37(22-58)79-47)77-36(46(66)67)17-28-11-6-4-7-12-28/h5,8-9,13-14,20-21,26,28,30,33,35-44,47-48,58,61-64H,4,6-7,10-12,15-19,22-25H2,1-3H3,(H,50,65)(H,51,59)(H,66,67)(H,68,69,70)(H,71,72,73)/t26?,30?,33?,35-,36+,37+,38?,39-,40+,41+,42?,43-,44?,47-,48+/m1/s1. The summed E-state index contributed by atoms with van der Waals surface area (Å²) in [7, 11) is -10.0. The fourth-order valence-corrected chi connectivity index (χ4v) is 11.6. The molecule has 10 N–H and O–H groups in total. The molecule has 0 radical (unpaired) electrons. The molecule has 82 heavy (non-hydrogen) atoms. The zero-order chi connectivity index (χ0) is 59.7. The molecule has 33 heteroatoms. The van der Waals surface area contributed by atoms with Gasteiger partial charge in [0.05, 0.1) is 57.0 Å². The molecule has 2 aliphatic carbocycles. The van der Waals surface area contributed by atoms with Gasteiger partial charge in [0.1, 0.15) is 60.2 Å². The first-order valence-corrected chi connectivity index (χ1v) is 29.5. The maximum Gasteiger partial charge on any atom is 0.397 e. The maximum atomic E-state index is 14.6. The molecule has 2 aliphatic heterocycles. The average molecular weight is 1210 g/mol. The summed E-state index contributed by atoms with van der Waals surface area (Å²) in [6.07, 6.45) is -11.7. The van der Waals surface area contributed by atoms with E-state index >= 15 is 0 Å². The number of hydrogen-bond donors (Lipinski definition) is 10. The van der Waals surface area contributed by atoms with Crippen molar-refractivity contribution in [1.29, 1.82) is 0 Å². The summed E-state index contributed by atoms with van der Waals surface area (Å²) in [5, 5.41) is 87.3. The van der Waals surface area contributed by atoms with Crippen LogP contribution in [-0.2, 0) is 73.8 Å². The highest BCUT2D eigenvalue weighted by Crippen LogP contribution is 2.42. The molecule has 2 aromatic heterocycles. The normalized spacial score (nSPS) is 29.9. The summed E-state index contributed by atoms with van der Waals surface area (Å²) in [4.78, 5) is 53.7. The van der Waals surface area contributed by atoms with Gasteiger partial charge in [0.2, 0.25) is 5.91 Å². The van der Waals surface area contributed by atoms with E-state index in [4.69, 9.17) is 32.8 Å². The smallest absolute Gasteiger partial charge is 0.397 e. The fourth-order valence-electron chi connectivity index (χ4n) is 10.7. The molecule has 2 saturated carbocycles. The lowest BCUT2D eigenvalue weighted by Crippen LogP contribution is -2.67. The molecule has 0 bridgehead atoms. The van der Waals surface area contributed by atoms with E-state index in [9.17, 15) is 66.7 Å². The predicted octanol–water partition coefficient (Wildman–Crippen LogP) is -1.10. The number of aliphatic hydroxyl groups excluding tert-OH is 5. The summed E-state index contributed by atoms with van der Waals surface area (Å²) >= 11 is 0. The number of aromatic nitrogens is 6. The first-order valence-electron chi connectivity index (χ1n) is 26.7. The number of ether oxygens (including phenoxy) is 5. The monoisotopic (exact) mass is 1200 g/mol. The zero-order valence-electron chi connectivity index (χ0n) is 45.1. The summed E-state index contributed by atoms with van der Waals surface area (Å²) in [5.74, 6) is -4.08. The molecule has 0 spiro atoms. The number of aliphatic carboxylic acids is 1. The Morgan fingerprint density at radius 3 is 2.16 bits per heavy atom. The maximum absolute atomic E-state index is 14.6. The van der Waals surface area contributed by atoms with Crippen LogP contribution in [-0.4, -0.2) is 216 Å². The molecule has 7 rings (SSSR count). The molecule has 458 valence electrons. The van der Waals surface area contributed by atoms with Gasteiger partial charge in [0.25, 0.3) is 5.91 Å². The van der Waals surface area contributed by atoms with Gasteiger partial charge in [-0.25, -0.2) is 17.8 Å². The molecule has 1 aromatic carbocycles. The first-order chi connectivity index (χ1) is 38.7. The third-order valence-electron chi connectivity index (χ3n) is 15.0. The Morgan fingerprint density at radius 1 is 0.841 bits per heavy atom. The lowest BCUT2D eigenvalue weighted by atomic mass is 9.78. The third kappa shape index (κ3) is 17.5. The Balaban J connectivity index is 1.16. The number of rotatable bonds is 27. The minimum absolute atomic E-state index is 0.0109. The minimum Gasteiger partial charge on any atom is -0.479 e. The third-order valence-corrected chi connectivity index (χ3v) is 15.8. The van der Waals surface area contributed by atoms with Crippen LogP contribution < -0.4 is 10.6 Å². The van der Waals surface area contributed by atoms with E-state index in [1.807, 2.05) is 0 Å². The summed E-state index contributed by atoms with van der Waals surface area (Å²) in [6, 6.07) is 6.42. The Morgan fingerprint density at radius 2 is 1.52 bits per heavy atom. The SMILES string of the molecule is CC(=O)NC1C(O[C@@H](CC2CCCCC2)C(=O)O)[C@@H](O)[C@H](CO)O[C@H]1O[C@@H]1CC(C(=O)CCCNC(=O)c2cn(CC(C)(COS(=O)(=O)O)COS(=O)(=O)O)nn2)CC(n2cc(-c3ccccc3)nn2)[C@H]1O[C@@H]1OC(C)[C@@H](O)[C@H](O)C1O. The molecule has 31 nitrogen and oxygen atoms in total. The van der Waals surface area contributed by atoms with Gasteiger partial charge in [-0.05, 0) is 38.5 Å². The van der Waals surface area contributed by atoms with Crippen molar-refractivity contribution in [2.24, 2.45) is 17.3 Å². The second-order valence-corrected chi connectivity index (χ2v) is 23.8. The van der Waals surface area contributed by atoms with Crippen molar-refractivity contribution in [3.8, 4) is 11.3 Å². The lowest BCUT2D eigenvalue weighted by Gasteiger charge is -2.49. The van der Waals surface area contributed by atoms with Crippen molar-refractivity contribution >= 4 is 44.4 Å². The number of carbonyl (C=O) groups is 4. The van der Waals surface area contributed by atoms with E-state index < -0.39 is 162 Å². The van der Waals surface area contributed by atoms with E-state index in [1.54, 1.807) is 36.5 Å². The number of carbonyl (C=O) groups excluding carboxylic acids is 3. The van der Waals surface area contributed by atoms with Crippen LogP contribution in [0.5, 0.6) is 0 Å². The van der Waals surface area contributed by atoms with Crippen LogP contribution in [0.4, 0.5) is 0 Å². The second kappa shape index (κ2) is 28.2. The highest BCUT2D eigenvalue weighted by molar-refractivity contribution is 7.81. The quantitative estimate of drug-likeness (QED) is 0.0320. The van der Waals surface area contributed by atoms with Gasteiger partial charge in [0, 0.05) is 36.8 Å². The van der Waals surface area contributed by atoms with Crippen LogP contribution >= 0.6 is 0 Å². The number of Topliss-reactive ketones (excluding diaryl/α,β-unsaturated/α-hetero) is 1. The van der Waals surface area contributed by atoms with E-state index in [1.165, 1.54) is 18.5 Å². The summed E-state index contributed by atoms with van der Waals surface area (Å²) in [6.45, 7) is 0.822. The van der Waals surface area contributed by atoms with Crippen LogP contribution in [0, 0.1) is 17.3 Å². The lowest BCUT2D eigenvalue weighted by molar-refractivity contribution is -0.337. The number of hydrogen-bond acceptors (Lipinski definition) is 24. The molecule has 15 atom stereocenters. The highest BCUT2D eigenvalue weighted by atomic mass is 32.3. The fraction of sp³-hybridized carbons (Fsp3) is 0.714. The van der Waals surface area contributed by atoms with Crippen molar-refractivity contribution in [2.45, 2.75) is 177 Å². The molecule has 3 aromatic rings. The molecule has 6 unspecified atom stereocenters. The number of amides is 2. The Hall–Kier alpha value is -5.08. The molecular weight excluding hydrogens is 1130 g/mol. The molecule has 4 heterocycles.